The molecule has 0 unspecified atom stereocenters. The number of rotatable bonds is 10. The average Bonchev–Trinajstić information content (AvgIpc) is 2.68. The number of carbonyl (C=O) groups is 4. The zero-order valence-electron chi connectivity index (χ0n) is 19.4. The molecule has 0 bridgehead atoms. The highest BCUT2D eigenvalue weighted by Crippen LogP contribution is 2.32. The summed E-state index contributed by atoms with van der Waals surface area (Å²) in [5, 5.41) is 12.6. The van der Waals surface area contributed by atoms with E-state index in [9.17, 15) is 24.3 Å². The van der Waals surface area contributed by atoms with Gasteiger partial charge in [-0.15, -0.1) is 0 Å². The Morgan fingerprint density at radius 3 is 1.91 bits per heavy atom. The number of benzene rings is 1. The summed E-state index contributed by atoms with van der Waals surface area (Å²) in [6.07, 6.45) is -1.52. The van der Waals surface area contributed by atoms with Crippen molar-refractivity contribution in [3.05, 3.63) is 23.8 Å². The second-order valence-corrected chi connectivity index (χ2v) is 8.10. The average molecular weight is 453 g/mol. The lowest BCUT2D eigenvalue weighted by molar-refractivity contribution is -0.166. The van der Waals surface area contributed by atoms with Gasteiger partial charge in [-0.3, -0.25) is 14.9 Å². The lowest BCUT2D eigenvalue weighted by Gasteiger charge is -2.31. The molecular formula is C22H31NO9. The largest absolute Gasteiger partial charge is 0.510 e. The lowest BCUT2D eigenvalue weighted by atomic mass is 10.0. The van der Waals surface area contributed by atoms with Crippen molar-refractivity contribution >= 4 is 24.1 Å². The molecule has 178 valence electrons. The summed E-state index contributed by atoms with van der Waals surface area (Å²) in [5.74, 6) is -3.49. The van der Waals surface area contributed by atoms with Gasteiger partial charge in [-0.25, -0.2) is 9.59 Å². The molecule has 32 heavy (non-hydrogen) atoms. The Morgan fingerprint density at radius 2 is 1.47 bits per heavy atom. The molecule has 0 amide bonds. The molecule has 1 rings (SSSR count). The SMILES string of the molecule is COC(=O)O[C@](Cc1ccc(OC(=O)C(C)C)c(OC(=O)C(C)C)c1)(NC(C)C)C(=O)O. The van der Waals surface area contributed by atoms with Gasteiger partial charge in [0.05, 0.1) is 18.9 Å². The number of esters is 2. The van der Waals surface area contributed by atoms with Crippen LogP contribution in [0.1, 0.15) is 47.1 Å². The van der Waals surface area contributed by atoms with Crippen LogP contribution in [0.25, 0.3) is 0 Å². The Hall–Kier alpha value is -3.14. The van der Waals surface area contributed by atoms with E-state index >= 15 is 0 Å². The normalized spacial score (nSPS) is 12.9. The molecule has 0 saturated heterocycles. The minimum absolute atomic E-state index is 0.00748. The summed E-state index contributed by atoms with van der Waals surface area (Å²) in [7, 11) is 1.06. The van der Waals surface area contributed by atoms with Gasteiger partial charge >= 0.3 is 24.1 Å². The highest BCUT2D eigenvalue weighted by molar-refractivity contribution is 5.81. The van der Waals surface area contributed by atoms with Crippen LogP contribution in [0.15, 0.2) is 18.2 Å². The molecule has 10 nitrogen and oxygen atoms in total. The van der Waals surface area contributed by atoms with Crippen LogP contribution in [-0.4, -0.2) is 48.0 Å². The summed E-state index contributed by atoms with van der Waals surface area (Å²) < 4.78 is 20.2. The summed E-state index contributed by atoms with van der Waals surface area (Å²) >= 11 is 0. The van der Waals surface area contributed by atoms with Crippen LogP contribution < -0.4 is 14.8 Å². The molecule has 0 spiro atoms. The maximum atomic E-state index is 12.2. The van der Waals surface area contributed by atoms with Gasteiger partial charge in [-0.05, 0) is 31.5 Å². The summed E-state index contributed by atoms with van der Waals surface area (Å²) in [6.45, 7) is 9.95. The van der Waals surface area contributed by atoms with Crippen molar-refractivity contribution in [1.29, 1.82) is 0 Å². The maximum absolute atomic E-state index is 12.2. The maximum Gasteiger partial charge on any atom is 0.510 e. The van der Waals surface area contributed by atoms with Crippen molar-refractivity contribution in [2.75, 3.05) is 7.11 Å². The van der Waals surface area contributed by atoms with E-state index in [0.29, 0.717) is 5.56 Å². The van der Waals surface area contributed by atoms with Crippen molar-refractivity contribution in [3.8, 4) is 11.5 Å². The molecule has 0 aliphatic rings. The van der Waals surface area contributed by atoms with Crippen molar-refractivity contribution < 1.29 is 43.2 Å². The van der Waals surface area contributed by atoms with E-state index in [1.165, 1.54) is 18.2 Å². The fourth-order valence-corrected chi connectivity index (χ4v) is 2.51. The Balaban J connectivity index is 3.44. The number of carbonyl (C=O) groups excluding carboxylic acids is 3. The highest BCUT2D eigenvalue weighted by Gasteiger charge is 2.44. The first-order valence-electron chi connectivity index (χ1n) is 10.2. The molecule has 0 aromatic heterocycles. The Kier molecular flexibility index (Phi) is 9.64. The molecule has 0 radical (unpaired) electrons. The van der Waals surface area contributed by atoms with Crippen molar-refractivity contribution in [1.82, 2.24) is 5.32 Å². The van der Waals surface area contributed by atoms with Gasteiger partial charge in [-0.1, -0.05) is 33.8 Å². The smallest absolute Gasteiger partial charge is 0.477 e. The number of nitrogens with one attached hydrogen (secondary N) is 1. The monoisotopic (exact) mass is 453 g/mol. The fourth-order valence-electron chi connectivity index (χ4n) is 2.51. The molecule has 1 aromatic carbocycles. The lowest BCUT2D eigenvalue weighted by Crippen LogP contribution is -2.59. The number of ether oxygens (including phenoxy) is 4. The summed E-state index contributed by atoms with van der Waals surface area (Å²) in [4.78, 5) is 48.1. The van der Waals surface area contributed by atoms with Crippen LogP contribution in [-0.2, 0) is 30.3 Å². The van der Waals surface area contributed by atoms with E-state index in [1.54, 1.807) is 41.5 Å². The second-order valence-electron chi connectivity index (χ2n) is 8.10. The highest BCUT2D eigenvalue weighted by atomic mass is 16.7. The number of hydrogen-bond donors (Lipinski definition) is 2. The van der Waals surface area contributed by atoms with Crippen molar-refractivity contribution in [3.63, 3.8) is 0 Å². The Labute approximate surface area is 187 Å². The molecule has 1 atom stereocenters. The zero-order valence-corrected chi connectivity index (χ0v) is 19.4. The minimum atomic E-state index is -2.16. The number of methoxy groups -OCH3 is 1. The predicted octanol–water partition coefficient (Wildman–Crippen LogP) is 2.91. The van der Waals surface area contributed by atoms with Crippen LogP contribution >= 0.6 is 0 Å². The molecule has 0 heterocycles. The van der Waals surface area contributed by atoms with Crippen LogP contribution in [0.3, 0.4) is 0 Å². The molecule has 10 heteroatoms. The molecule has 1 aromatic rings. The van der Waals surface area contributed by atoms with E-state index in [4.69, 9.17) is 14.2 Å². The first kappa shape index (κ1) is 26.9. The number of carboxylic acid groups (broad SMARTS) is 1. The fraction of sp³-hybridized carbons (Fsp3) is 0.545. The topological polar surface area (TPSA) is 137 Å². The standard InChI is InChI=1S/C22H31NO9/c1-12(2)18(24)30-16-9-8-15(10-17(16)31-19(25)13(3)4)11-22(20(26)27,23-14(5)6)32-21(28)29-7/h8-10,12-14,23H,11H2,1-7H3,(H,26,27)/t22-/m0/s1. The Morgan fingerprint density at radius 1 is 0.938 bits per heavy atom. The van der Waals surface area contributed by atoms with Crippen LogP contribution in [0.2, 0.25) is 0 Å². The van der Waals surface area contributed by atoms with Crippen molar-refractivity contribution in [2.24, 2.45) is 11.8 Å². The van der Waals surface area contributed by atoms with Crippen LogP contribution in [0, 0.1) is 11.8 Å². The van der Waals surface area contributed by atoms with E-state index < -0.39 is 41.6 Å². The van der Waals surface area contributed by atoms with Gasteiger partial charge in [0.25, 0.3) is 5.72 Å². The van der Waals surface area contributed by atoms with Gasteiger partial charge in [0.2, 0.25) is 0 Å². The van der Waals surface area contributed by atoms with Crippen LogP contribution in [0.4, 0.5) is 4.79 Å². The van der Waals surface area contributed by atoms with E-state index in [2.05, 4.69) is 10.1 Å². The summed E-state index contributed by atoms with van der Waals surface area (Å²) in [5.41, 5.74) is -1.82. The molecule has 0 aliphatic heterocycles. The van der Waals surface area contributed by atoms with Gasteiger partial charge in [-0.2, -0.15) is 0 Å². The number of hydrogen-bond acceptors (Lipinski definition) is 9. The van der Waals surface area contributed by atoms with Gasteiger partial charge in [0, 0.05) is 12.5 Å². The molecule has 0 aliphatic carbocycles. The zero-order chi connectivity index (χ0) is 24.6. The predicted molar refractivity (Wildman–Crippen MR) is 113 cm³/mol. The molecule has 2 N–H and O–H groups in total. The third-order valence-electron chi connectivity index (χ3n) is 4.12. The second kappa shape index (κ2) is 11.5. The van der Waals surface area contributed by atoms with Gasteiger partial charge < -0.3 is 24.1 Å². The van der Waals surface area contributed by atoms with E-state index in [-0.39, 0.29) is 24.0 Å². The molecular weight excluding hydrogens is 422 g/mol. The molecule has 0 fully saturated rings. The van der Waals surface area contributed by atoms with Crippen molar-refractivity contribution in [2.45, 2.75) is 59.7 Å². The molecule has 0 saturated carbocycles. The van der Waals surface area contributed by atoms with E-state index in [1.807, 2.05) is 0 Å². The number of carboxylic acids is 1. The summed E-state index contributed by atoms with van der Waals surface area (Å²) in [6, 6.07) is 3.86. The quantitative estimate of drug-likeness (QED) is 0.309. The first-order valence-corrected chi connectivity index (χ1v) is 10.2. The van der Waals surface area contributed by atoms with Gasteiger partial charge in [0.15, 0.2) is 11.5 Å². The third-order valence-corrected chi connectivity index (χ3v) is 4.12. The third kappa shape index (κ3) is 7.52. The first-order chi connectivity index (χ1) is 14.8. The number of aliphatic carboxylic acids is 1. The van der Waals surface area contributed by atoms with Crippen LogP contribution in [0.5, 0.6) is 11.5 Å². The van der Waals surface area contributed by atoms with Gasteiger partial charge in [0.1, 0.15) is 0 Å². The minimum Gasteiger partial charge on any atom is -0.477 e. The Bertz CT molecular complexity index is 848. The van der Waals surface area contributed by atoms with E-state index in [0.717, 1.165) is 7.11 Å².